The van der Waals surface area contributed by atoms with Crippen LogP contribution in [0.3, 0.4) is 0 Å². The highest BCUT2D eigenvalue weighted by molar-refractivity contribution is 8.00. The molecule has 0 spiro atoms. The van der Waals surface area contributed by atoms with Gasteiger partial charge in [0, 0.05) is 19.2 Å². The number of benzene rings is 2. The summed E-state index contributed by atoms with van der Waals surface area (Å²) in [6, 6.07) is 11.4. The predicted octanol–water partition coefficient (Wildman–Crippen LogP) is 4.49. The molecule has 154 valence electrons. The summed E-state index contributed by atoms with van der Waals surface area (Å²) in [5.41, 5.74) is 2.83. The highest BCUT2D eigenvalue weighted by atomic mass is 32.2. The number of esters is 1. The fourth-order valence-electron chi connectivity index (χ4n) is 3.13. The molecule has 5 nitrogen and oxygen atoms in total. The maximum absolute atomic E-state index is 13.3. The molecule has 1 fully saturated rings. The number of aryl methyl sites for hydroxylation is 1. The molecule has 1 aliphatic rings. The van der Waals surface area contributed by atoms with Crippen LogP contribution in [-0.4, -0.2) is 37.4 Å². The van der Waals surface area contributed by atoms with Gasteiger partial charge in [0.05, 0.1) is 24.0 Å². The third-order valence-corrected chi connectivity index (χ3v) is 6.09. The van der Waals surface area contributed by atoms with Gasteiger partial charge in [-0.05, 0) is 55.3 Å². The van der Waals surface area contributed by atoms with Crippen LogP contribution >= 0.6 is 11.8 Å². The Bertz CT molecular complexity index is 887. The number of thioether (sulfide) groups is 1. The van der Waals surface area contributed by atoms with Crippen molar-refractivity contribution in [3.8, 4) is 0 Å². The third-order valence-electron chi connectivity index (χ3n) is 4.87. The first kappa shape index (κ1) is 21.3. The summed E-state index contributed by atoms with van der Waals surface area (Å²) in [6.07, 6.45) is 0.645. The maximum Gasteiger partial charge on any atom is 0.338 e. The van der Waals surface area contributed by atoms with E-state index in [0.717, 1.165) is 16.8 Å². The van der Waals surface area contributed by atoms with Gasteiger partial charge in [0.15, 0.2) is 0 Å². The fourth-order valence-corrected chi connectivity index (χ4v) is 4.30. The van der Waals surface area contributed by atoms with Gasteiger partial charge in [-0.1, -0.05) is 12.1 Å². The van der Waals surface area contributed by atoms with Crippen LogP contribution in [0.4, 0.5) is 10.1 Å². The van der Waals surface area contributed by atoms with E-state index in [1.807, 2.05) is 13.8 Å². The topological polar surface area (TPSA) is 55.8 Å². The van der Waals surface area contributed by atoms with E-state index in [9.17, 15) is 14.0 Å². The molecule has 2 unspecified atom stereocenters. The molecule has 1 heterocycles. The molecule has 2 atom stereocenters. The number of carbonyl (C=O) groups excluding carboxylic acids is 2. The van der Waals surface area contributed by atoms with Crippen molar-refractivity contribution in [2.24, 2.45) is 0 Å². The molecule has 29 heavy (non-hydrogen) atoms. The maximum atomic E-state index is 13.3. The number of rotatable bonds is 7. The smallest absolute Gasteiger partial charge is 0.338 e. The number of hydrogen-bond acceptors (Lipinski definition) is 5. The van der Waals surface area contributed by atoms with Crippen LogP contribution in [-0.2, 0) is 14.3 Å². The van der Waals surface area contributed by atoms with Gasteiger partial charge in [0.1, 0.15) is 11.2 Å². The molecule has 0 N–H and O–H groups in total. The van der Waals surface area contributed by atoms with Crippen molar-refractivity contribution in [3.63, 3.8) is 0 Å². The number of nitrogens with zero attached hydrogens (tertiary/aromatic N) is 1. The average Bonchev–Trinajstić information content (AvgIpc) is 3.09. The average molecular weight is 418 g/mol. The minimum absolute atomic E-state index is 0.0173. The van der Waals surface area contributed by atoms with Crippen molar-refractivity contribution in [1.82, 2.24) is 0 Å². The number of halogens is 1. The molecule has 1 aliphatic heterocycles. The Balaban J connectivity index is 1.77. The summed E-state index contributed by atoms with van der Waals surface area (Å²) < 4.78 is 23.7. The van der Waals surface area contributed by atoms with E-state index in [1.54, 1.807) is 42.3 Å². The first-order valence-corrected chi connectivity index (χ1v) is 10.4. The lowest BCUT2D eigenvalue weighted by atomic mass is 10.1. The monoisotopic (exact) mass is 417 g/mol. The molecule has 0 aliphatic carbocycles. The molecule has 0 aromatic heterocycles. The van der Waals surface area contributed by atoms with Crippen molar-refractivity contribution in [1.29, 1.82) is 0 Å². The first-order chi connectivity index (χ1) is 13.9. The lowest BCUT2D eigenvalue weighted by Crippen LogP contribution is -2.28. The second-order valence-electron chi connectivity index (χ2n) is 6.95. The fraction of sp³-hybridized carbons (Fsp3) is 0.364. The van der Waals surface area contributed by atoms with Crippen molar-refractivity contribution in [2.45, 2.75) is 31.7 Å². The van der Waals surface area contributed by atoms with Gasteiger partial charge in [-0.25, -0.2) is 9.18 Å². The molecule has 3 rings (SSSR count). The minimum atomic E-state index is -0.403. The lowest BCUT2D eigenvalue weighted by Gasteiger charge is -2.26. The first-order valence-electron chi connectivity index (χ1n) is 9.40. The SMILES string of the molecule is COC(C)CCOC(=O)c1ccc(N2C(=O)CSC2c2ccc(F)cc2)c(C)c1. The van der Waals surface area contributed by atoms with Gasteiger partial charge < -0.3 is 9.47 Å². The van der Waals surface area contributed by atoms with E-state index in [0.29, 0.717) is 17.7 Å². The normalized spacial score (nSPS) is 17.4. The Morgan fingerprint density at radius 1 is 1.28 bits per heavy atom. The zero-order chi connectivity index (χ0) is 21.0. The van der Waals surface area contributed by atoms with E-state index >= 15 is 0 Å². The van der Waals surface area contributed by atoms with Crippen molar-refractivity contribution in [2.75, 3.05) is 24.4 Å². The predicted molar refractivity (Wildman–Crippen MR) is 112 cm³/mol. The number of ether oxygens (including phenoxy) is 2. The van der Waals surface area contributed by atoms with Gasteiger partial charge in [0.25, 0.3) is 0 Å². The van der Waals surface area contributed by atoms with E-state index < -0.39 is 5.97 Å². The summed E-state index contributed by atoms with van der Waals surface area (Å²) in [5.74, 6) is -0.381. The molecule has 1 amide bonds. The molecular formula is C22H24FNO4S. The van der Waals surface area contributed by atoms with Crippen LogP contribution in [0.25, 0.3) is 0 Å². The highest BCUT2D eigenvalue weighted by Gasteiger charge is 2.35. The van der Waals surface area contributed by atoms with Crippen LogP contribution in [0.1, 0.15) is 40.2 Å². The van der Waals surface area contributed by atoms with Gasteiger partial charge in [0.2, 0.25) is 5.91 Å². The van der Waals surface area contributed by atoms with Gasteiger partial charge in [-0.2, -0.15) is 0 Å². The van der Waals surface area contributed by atoms with E-state index in [4.69, 9.17) is 9.47 Å². The molecule has 0 radical (unpaired) electrons. The number of methoxy groups -OCH3 is 1. The van der Waals surface area contributed by atoms with Crippen LogP contribution in [0.2, 0.25) is 0 Å². The molecule has 0 saturated carbocycles. The van der Waals surface area contributed by atoms with Crippen molar-refractivity contribution in [3.05, 3.63) is 65.0 Å². The van der Waals surface area contributed by atoms with E-state index in [1.165, 1.54) is 23.9 Å². The second-order valence-corrected chi connectivity index (χ2v) is 8.02. The third kappa shape index (κ3) is 4.97. The Morgan fingerprint density at radius 2 is 2.00 bits per heavy atom. The number of amides is 1. The van der Waals surface area contributed by atoms with E-state index in [2.05, 4.69) is 0 Å². The quantitative estimate of drug-likeness (QED) is 0.621. The summed E-state index contributed by atoms with van der Waals surface area (Å²) in [6.45, 7) is 4.05. The molecule has 2 aromatic carbocycles. The number of carbonyl (C=O) groups is 2. The summed E-state index contributed by atoms with van der Waals surface area (Å²) >= 11 is 1.50. The lowest BCUT2D eigenvalue weighted by molar-refractivity contribution is -0.115. The molecule has 7 heteroatoms. The molecular weight excluding hydrogens is 393 g/mol. The number of hydrogen-bond donors (Lipinski definition) is 0. The van der Waals surface area contributed by atoms with Crippen molar-refractivity contribution >= 4 is 29.3 Å². The van der Waals surface area contributed by atoms with Crippen LogP contribution < -0.4 is 4.90 Å². The van der Waals surface area contributed by atoms with Crippen LogP contribution in [0.5, 0.6) is 0 Å². The Morgan fingerprint density at radius 3 is 2.66 bits per heavy atom. The highest BCUT2D eigenvalue weighted by Crippen LogP contribution is 2.42. The molecule has 0 bridgehead atoms. The van der Waals surface area contributed by atoms with Gasteiger partial charge >= 0.3 is 5.97 Å². The van der Waals surface area contributed by atoms with Crippen LogP contribution in [0, 0.1) is 12.7 Å². The zero-order valence-electron chi connectivity index (χ0n) is 16.7. The molecule has 1 saturated heterocycles. The summed E-state index contributed by atoms with van der Waals surface area (Å²) in [7, 11) is 1.62. The zero-order valence-corrected chi connectivity index (χ0v) is 17.5. The van der Waals surface area contributed by atoms with Crippen LogP contribution in [0.15, 0.2) is 42.5 Å². The number of anilines is 1. The molecule has 2 aromatic rings. The summed E-state index contributed by atoms with van der Waals surface area (Å²) in [5, 5.41) is -0.227. The van der Waals surface area contributed by atoms with Gasteiger partial charge in [-0.3, -0.25) is 9.69 Å². The van der Waals surface area contributed by atoms with E-state index in [-0.39, 0.29) is 29.8 Å². The Labute approximate surface area is 174 Å². The van der Waals surface area contributed by atoms with Gasteiger partial charge in [-0.15, -0.1) is 11.8 Å². The largest absolute Gasteiger partial charge is 0.462 e. The Hall–Kier alpha value is -2.38. The minimum Gasteiger partial charge on any atom is -0.462 e. The Kier molecular flexibility index (Phi) is 6.92. The van der Waals surface area contributed by atoms with Crippen molar-refractivity contribution < 1.29 is 23.5 Å². The summed E-state index contributed by atoms with van der Waals surface area (Å²) in [4.78, 5) is 26.6. The standard InChI is InChI=1S/C22H24FNO4S/c1-14-12-17(22(26)28-11-10-15(2)27-3)6-9-19(14)24-20(25)13-29-21(24)16-4-7-18(23)8-5-16/h4-9,12,15,21H,10-11,13H2,1-3H3. The second kappa shape index (κ2) is 9.41.